The molecular formula is C11H13N3O4. The van der Waals surface area contributed by atoms with Gasteiger partial charge in [-0.15, -0.1) is 0 Å². The van der Waals surface area contributed by atoms with E-state index in [0.717, 1.165) is 5.56 Å². The van der Waals surface area contributed by atoms with Gasteiger partial charge in [0.2, 0.25) is 0 Å². The van der Waals surface area contributed by atoms with Crippen molar-refractivity contribution in [3.05, 3.63) is 29.8 Å². The number of carbonyl (C=O) groups excluding carboxylic acids is 2. The highest BCUT2D eigenvalue weighted by atomic mass is 16.5. The number of ether oxygens (including phenoxy) is 1. The summed E-state index contributed by atoms with van der Waals surface area (Å²) in [6, 6.07) is 6.65. The van der Waals surface area contributed by atoms with E-state index in [4.69, 9.17) is 15.6 Å². The lowest BCUT2D eigenvalue weighted by atomic mass is 10.2. The molecule has 0 aromatic heterocycles. The summed E-state index contributed by atoms with van der Waals surface area (Å²) in [6.07, 6.45) is 1.41. The summed E-state index contributed by atoms with van der Waals surface area (Å²) in [5, 5.41) is 12.0. The van der Waals surface area contributed by atoms with Crippen molar-refractivity contribution in [1.82, 2.24) is 5.43 Å². The van der Waals surface area contributed by atoms with Crippen LogP contribution in [0.4, 0.5) is 0 Å². The predicted octanol–water partition coefficient (Wildman–Crippen LogP) is -1.01. The van der Waals surface area contributed by atoms with Crippen molar-refractivity contribution in [2.24, 2.45) is 10.8 Å². The van der Waals surface area contributed by atoms with Crippen LogP contribution in [0.25, 0.3) is 0 Å². The van der Waals surface area contributed by atoms with Gasteiger partial charge in [-0.3, -0.25) is 9.59 Å². The number of carbonyl (C=O) groups is 2. The molecule has 0 radical (unpaired) electrons. The highest BCUT2D eigenvalue weighted by molar-refractivity contribution is 5.82. The zero-order valence-corrected chi connectivity index (χ0v) is 9.50. The molecule has 0 aliphatic heterocycles. The van der Waals surface area contributed by atoms with Crippen LogP contribution >= 0.6 is 0 Å². The van der Waals surface area contributed by atoms with Gasteiger partial charge in [-0.1, -0.05) is 0 Å². The topological polar surface area (TPSA) is 114 Å². The maximum atomic E-state index is 10.7. The molecule has 2 amide bonds. The molecule has 7 nitrogen and oxygen atoms in total. The van der Waals surface area contributed by atoms with E-state index in [0.29, 0.717) is 5.75 Å². The van der Waals surface area contributed by atoms with Crippen molar-refractivity contribution in [1.29, 1.82) is 0 Å². The van der Waals surface area contributed by atoms with Gasteiger partial charge < -0.3 is 15.6 Å². The molecule has 18 heavy (non-hydrogen) atoms. The minimum Gasteiger partial charge on any atom is -0.484 e. The molecule has 4 N–H and O–H groups in total. The Morgan fingerprint density at radius 2 is 2.06 bits per heavy atom. The Kier molecular flexibility index (Phi) is 5.33. The fraction of sp³-hybridized carbons (Fsp3) is 0.182. The van der Waals surface area contributed by atoms with Crippen molar-refractivity contribution in [2.75, 3.05) is 13.2 Å². The average molecular weight is 251 g/mol. The van der Waals surface area contributed by atoms with Gasteiger partial charge in [0, 0.05) is 0 Å². The lowest BCUT2D eigenvalue weighted by Crippen LogP contribution is -2.20. The Morgan fingerprint density at radius 1 is 1.39 bits per heavy atom. The number of primary amides is 1. The first-order chi connectivity index (χ1) is 8.61. The number of hydrogen-bond acceptors (Lipinski definition) is 5. The minimum atomic E-state index is -0.614. The Morgan fingerprint density at radius 3 is 2.61 bits per heavy atom. The Labute approximate surface area is 103 Å². The van der Waals surface area contributed by atoms with Gasteiger partial charge in [-0.05, 0) is 29.8 Å². The van der Waals surface area contributed by atoms with Crippen molar-refractivity contribution >= 4 is 18.0 Å². The molecule has 0 unspecified atom stereocenters. The highest BCUT2D eigenvalue weighted by Gasteiger charge is 1.97. The second kappa shape index (κ2) is 7.02. The number of nitrogens with one attached hydrogen (secondary N) is 1. The van der Waals surface area contributed by atoms with E-state index in [1.165, 1.54) is 6.21 Å². The van der Waals surface area contributed by atoms with Crippen LogP contribution in [0.3, 0.4) is 0 Å². The third-order valence-electron chi connectivity index (χ3n) is 1.81. The van der Waals surface area contributed by atoms with Crippen LogP contribution in [0, 0.1) is 0 Å². The largest absolute Gasteiger partial charge is 0.484 e. The third-order valence-corrected chi connectivity index (χ3v) is 1.81. The quantitative estimate of drug-likeness (QED) is 0.444. The smallest absolute Gasteiger partial charge is 0.265 e. The standard InChI is InChI=1S/C11H13N3O4/c12-10(16)7-18-9-3-1-8(2-4-9)5-13-14-11(17)6-15/h1-5,15H,6-7H2,(H2,12,16)(H,14,17)/b13-5+. The van der Waals surface area contributed by atoms with Crippen molar-refractivity contribution in [3.63, 3.8) is 0 Å². The number of nitrogens with zero attached hydrogens (tertiary/aromatic N) is 1. The number of aliphatic hydroxyl groups is 1. The molecule has 7 heteroatoms. The SMILES string of the molecule is NC(=O)COc1ccc(/C=N/NC(=O)CO)cc1. The minimum absolute atomic E-state index is 0.181. The van der Waals surface area contributed by atoms with Crippen molar-refractivity contribution in [2.45, 2.75) is 0 Å². The lowest BCUT2D eigenvalue weighted by molar-refractivity contribution is -0.123. The molecule has 0 fully saturated rings. The summed E-state index contributed by atoms with van der Waals surface area (Å²) in [5.41, 5.74) is 7.78. The van der Waals surface area contributed by atoms with Gasteiger partial charge in [0.15, 0.2) is 6.61 Å². The Bertz CT molecular complexity index is 442. The second-order valence-corrected chi connectivity index (χ2v) is 3.28. The van der Waals surface area contributed by atoms with Crippen LogP contribution in [0.15, 0.2) is 29.4 Å². The number of nitrogens with two attached hydrogens (primary N) is 1. The molecule has 0 atom stereocenters. The first-order valence-corrected chi connectivity index (χ1v) is 5.05. The molecule has 96 valence electrons. The molecule has 0 spiro atoms. The van der Waals surface area contributed by atoms with Gasteiger partial charge in [0.1, 0.15) is 12.4 Å². The zero-order valence-electron chi connectivity index (χ0n) is 9.50. The van der Waals surface area contributed by atoms with Crippen LogP contribution in [0.1, 0.15) is 5.56 Å². The van der Waals surface area contributed by atoms with Gasteiger partial charge in [0.05, 0.1) is 6.21 Å². The van der Waals surface area contributed by atoms with E-state index >= 15 is 0 Å². The van der Waals surface area contributed by atoms with Gasteiger partial charge in [-0.25, -0.2) is 5.43 Å². The van der Waals surface area contributed by atoms with E-state index < -0.39 is 18.4 Å². The van der Waals surface area contributed by atoms with Crippen LogP contribution < -0.4 is 15.9 Å². The van der Waals surface area contributed by atoms with Crippen molar-refractivity contribution in [3.8, 4) is 5.75 Å². The average Bonchev–Trinajstić information content (AvgIpc) is 2.37. The monoisotopic (exact) mass is 251 g/mol. The Hall–Kier alpha value is -2.41. The van der Waals surface area contributed by atoms with Crippen LogP contribution in [0.5, 0.6) is 5.75 Å². The van der Waals surface area contributed by atoms with Crippen LogP contribution in [-0.2, 0) is 9.59 Å². The molecular weight excluding hydrogens is 238 g/mol. The number of hydrogen-bond donors (Lipinski definition) is 3. The molecule has 0 saturated heterocycles. The molecule has 0 saturated carbocycles. The Balaban J connectivity index is 2.49. The summed E-state index contributed by atoms with van der Waals surface area (Å²) in [6.45, 7) is -0.794. The molecule has 0 bridgehead atoms. The molecule has 0 aliphatic carbocycles. The summed E-state index contributed by atoms with van der Waals surface area (Å²) in [7, 11) is 0. The van der Waals surface area contributed by atoms with Crippen LogP contribution in [-0.4, -0.2) is 36.3 Å². The third kappa shape index (κ3) is 5.08. The summed E-state index contributed by atoms with van der Waals surface area (Å²) in [5.74, 6) is -0.634. The van der Waals surface area contributed by atoms with Crippen LogP contribution in [0.2, 0.25) is 0 Å². The van der Waals surface area contributed by atoms with E-state index in [1.807, 2.05) is 0 Å². The number of rotatable bonds is 6. The van der Waals surface area contributed by atoms with Gasteiger partial charge in [0.25, 0.3) is 11.8 Å². The molecule has 0 aliphatic rings. The summed E-state index contributed by atoms with van der Waals surface area (Å²) >= 11 is 0. The maximum Gasteiger partial charge on any atom is 0.265 e. The highest BCUT2D eigenvalue weighted by Crippen LogP contribution is 2.10. The molecule has 0 heterocycles. The fourth-order valence-electron chi connectivity index (χ4n) is 1.02. The van der Waals surface area contributed by atoms with E-state index in [1.54, 1.807) is 24.3 Å². The first kappa shape index (κ1) is 13.7. The number of hydrazone groups is 1. The van der Waals surface area contributed by atoms with E-state index in [9.17, 15) is 9.59 Å². The van der Waals surface area contributed by atoms with Crippen molar-refractivity contribution < 1.29 is 19.4 Å². The predicted molar refractivity (Wildman–Crippen MR) is 64.0 cm³/mol. The summed E-state index contributed by atoms with van der Waals surface area (Å²) < 4.78 is 5.06. The van der Waals surface area contributed by atoms with E-state index in [-0.39, 0.29) is 6.61 Å². The first-order valence-electron chi connectivity index (χ1n) is 5.05. The van der Waals surface area contributed by atoms with Gasteiger partial charge >= 0.3 is 0 Å². The summed E-state index contributed by atoms with van der Waals surface area (Å²) in [4.78, 5) is 21.2. The van der Waals surface area contributed by atoms with Gasteiger partial charge in [-0.2, -0.15) is 5.10 Å². The number of amides is 2. The second-order valence-electron chi connectivity index (χ2n) is 3.28. The maximum absolute atomic E-state index is 10.7. The number of aliphatic hydroxyl groups excluding tert-OH is 1. The molecule has 1 aromatic carbocycles. The number of benzene rings is 1. The molecule has 1 rings (SSSR count). The van der Waals surface area contributed by atoms with E-state index in [2.05, 4.69) is 10.5 Å². The molecule has 1 aromatic rings. The lowest BCUT2D eigenvalue weighted by Gasteiger charge is -2.03. The normalized spacial score (nSPS) is 10.3. The fourth-order valence-corrected chi connectivity index (χ4v) is 1.02. The zero-order chi connectivity index (χ0) is 13.4.